The van der Waals surface area contributed by atoms with Gasteiger partial charge in [-0.25, -0.2) is 4.79 Å². The number of amides is 1. The molecule has 2 heterocycles. The van der Waals surface area contributed by atoms with E-state index < -0.39 is 17.4 Å². The minimum atomic E-state index is -0.954. The van der Waals surface area contributed by atoms with Gasteiger partial charge in [0.1, 0.15) is 19.4 Å². The van der Waals surface area contributed by atoms with Crippen LogP contribution in [0.15, 0.2) is 48.8 Å². The zero-order valence-corrected chi connectivity index (χ0v) is 17.8. The van der Waals surface area contributed by atoms with E-state index in [-0.39, 0.29) is 32.2 Å². The van der Waals surface area contributed by atoms with E-state index in [9.17, 15) is 20.0 Å². The fraction of sp³-hybridized carbons (Fsp3) is 0.300. The van der Waals surface area contributed by atoms with Crippen molar-refractivity contribution in [2.75, 3.05) is 25.1 Å². The number of nitrogens with two attached hydrogens (primary N) is 1. The highest BCUT2D eigenvalue weighted by Gasteiger charge is 2.20. The predicted octanol–water partition coefficient (Wildman–Crippen LogP) is 2.20. The summed E-state index contributed by atoms with van der Waals surface area (Å²) in [5.41, 5.74) is 7.57. The highest BCUT2D eigenvalue weighted by molar-refractivity contribution is 7.22. The number of hydrogen-bond donors (Lipinski definition) is 4. The highest BCUT2D eigenvalue weighted by Crippen LogP contribution is 2.30. The van der Waals surface area contributed by atoms with Crippen LogP contribution in [0.1, 0.15) is 17.0 Å². The molecule has 1 amide bonds. The van der Waals surface area contributed by atoms with E-state index in [1.54, 1.807) is 12.4 Å². The van der Waals surface area contributed by atoms with Crippen molar-refractivity contribution in [2.45, 2.75) is 18.7 Å². The lowest BCUT2D eigenvalue weighted by molar-refractivity contribution is -0.757. The number of ether oxygens (including phenoxy) is 1. The second-order valence-corrected chi connectivity index (χ2v) is 7.83. The van der Waals surface area contributed by atoms with Gasteiger partial charge >= 0.3 is 6.09 Å². The maximum atomic E-state index is 11.6. The molecule has 2 aromatic heterocycles. The van der Waals surface area contributed by atoms with Gasteiger partial charge in [-0.3, -0.25) is 4.98 Å². The number of pyridine rings is 1. The number of aliphatic hydroxyl groups is 1. The Kier molecular flexibility index (Phi) is 8.14. The number of nitrogens with zero attached hydrogens (tertiary/aromatic N) is 2. The molecule has 0 unspecified atom stereocenters. The first kappa shape index (κ1) is 23.2. The summed E-state index contributed by atoms with van der Waals surface area (Å²) in [6.45, 7) is -0.120. The summed E-state index contributed by atoms with van der Waals surface area (Å²) in [4.78, 5) is 29.8. The second kappa shape index (κ2) is 11.2. The van der Waals surface area contributed by atoms with Gasteiger partial charge in [-0.05, 0) is 28.6 Å². The minimum absolute atomic E-state index is 0.207. The summed E-state index contributed by atoms with van der Waals surface area (Å²) in [6.07, 6.45) is 1.90. The molecule has 0 saturated heterocycles. The number of aromatic nitrogens is 1. The second-order valence-electron chi connectivity index (χ2n) is 6.74. The summed E-state index contributed by atoms with van der Waals surface area (Å²) >= 11 is 1.50. The molecule has 0 saturated carbocycles. The monoisotopic (exact) mass is 461 g/mol. The van der Waals surface area contributed by atoms with Crippen molar-refractivity contribution in [1.29, 1.82) is 0 Å². The van der Waals surface area contributed by atoms with Crippen LogP contribution >= 0.6 is 11.3 Å². The lowest BCUT2D eigenvalue weighted by Crippen LogP contribution is -2.32. The molecular formula is C20H23N5O6S. The van der Waals surface area contributed by atoms with Crippen LogP contribution in [0.3, 0.4) is 0 Å². The number of fused-ring (bicyclic) bond motifs is 1. The highest BCUT2D eigenvalue weighted by atomic mass is 32.1. The summed E-state index contributed by atoms with van der Waals surface area (Å²) in [7, 11) is 0. The van der Waals surface area contributed by atoms with Crippen LogP contribution in [0, 0.1) is 10.1 Å². The fourth-order valence-electron chi connectivity index (χ4n) is 3.00. The Morgan fingerprint density at radius 2 is 2.06 bits per heavy atom. The number of aliphatic hydroxyl groups excluding tert-OH is 1. The van der Waals surface area contributed by atoms with Crippen LogP contribution in [0.4, 0.5) is 9.80 Å². The van der Waals surface area contributed by atoms with Crippen molar-refractivity contribution in [2.24, 2.45) is 5.73 Å². The van der Waals surface area contributed by atoms with E-state index in [4.69, 9.17) is 10.5 Å². The molecule has 12 heteroatoms. The third-order valence-corrected chi connectivity index (χ3v) is 5.62. The lowest BCUT2D eigenvalue weighted by Gasteiger charge is -2.23. The van der Waals surface area contributed by atoms with Crippen LogP contribution in [-0.2, 0) is 16.1 Å². The summed E-state index contributed by atoms with van der Waals surface area (Å²) in [6, 6.07) is 11.2. The average molecular weight is 462 g/mol. The van der Waals surface area contributed by atoms with E-state index in [0.717, 1.165) is 26.2 Å². The normalized spacial score (nSPS) is 12.7. The fourth-order valence-corrected chi connectivity index (χ4v) is 3.96. The van der Waals surface area contributed by atoms with Gasteiger partial charge in [0.05, 0.1) is 9.70 Å². The maximum Gasteiger partial charge on any atom is 0.407 e. The lowest BCUT2D eigenvalue weighted by atomic mass is 9.96. The molecule has 0 aliphatic rings. The quantitative estimate of drug-likeness (QED) is 0.145. The number of rotatable bonds is 11. The molecule has 0 aliphatic heterocycles. The molecule has 2 atom stereocenters. The Morgan fingerprint density at radius 3 is 2.75 bits per heavy atom. The zero-order valence-electron chi connectivity index (χ0n) is 17.0. The number of carbonyl (C=O) groups excluding carboxylic acids is 1. The smallest absolute Gasteiger partial charge is 0.407 e. The standard InChI is InChI=1S/C20H23N5O6S/c21-10-16(19(26)24-18-9-15-5-6-22-12-17(15)32-18)14-3-1-13(2-4-14)11-23-20(27)30-7-8-31-25(28)29/h1-6,9,12,16,19,24,26H,7-8,10-11,21H2,(H,23,27)/t16-,19+/m1/s1. The molecule has 3 aromatic rings. The third-order valence-electron chi connectivity index (χ3n) is 4.61. The van der Waals surface area contributed by atoms with E-state index in [1.807, 2.05) is 36.4 Å². The Bertz CT molecular complexity index is 1010. The molecule has 5 N–H and O–H groups in total. The molecule has 0 bridgehead atoms. The van der Waals surface area contributed by atoms with Crippen LogP contribution in [0.2, 0.25) is 0 Å². The summed E-state index contributed by atoms with van der Waals surface area (Å²) < 4.78 is 5.78. The Labute approximate surface area is 187 Å². The van der Waals surface area contributed by atoms with Gasteiger partial charge in [-0.1, -0.05) is 24.3 Å². The van der Waals surface area contributed by atoms with Crippen molar-refractivity contribution in [3.8, 4) is 0 Å². The molecule has 1 aromatic carbocycles. The number of carbonyl (C=O) groups is 1. The van der Waals surface area contributed by atoms with Gasteiger partial charge in [-0.15, -0.1) is 21.5 Å². The molecule has 0 radical (unpaired) electrons. The first-order valence-corrected chi connectivity index (χ1v) is 10.5. The Balaban J connectivity index is 1.51. The molecule has 170 valence electrons. The van der Waals surface area contributed by atoms with Crippen molar-refractivity contribution >= 4 is 32.5 Å². The number of nitrogens with one attached hydrogen (secondary N) is 2. The number of anilines is 1. The Hall–Kier alpha value is -3.48. The summed E-state index contributed by atoms with van der Waals surface area (Å²) in [5.74, 6) is -0.341. The van der Waals surface area contributed by atoms with Crippen LogP contribution in [-0.4, -0.2) is 47.3 Å². The van der Waals surface area contributed by atoms with E-state index >= 15 is 0 Å². The van der Waals surface area contributed by atoms with Crippen molar-refractivity contribution < 1.29 is 24.6 Å². The number of hydrogen-bond acceptors (Lipinski definition) is 10. The van der Waals surface area contributed by atoms with Crippen LogP contribution in [0.5, 0.6) is 0 Å². The third kappa shape index (κ3) is 6.51. The molecule has 11 nitrogen and oxygen atoms in total. The van der Waals surface area contributed by atoms with Gasteiger partial charge < -0.3 is 31.0 Å². The largest absolute Gasteiger partial charge is 0.447 e. The average Bonchev–Trinajstić information content (AvgIpc) is 3.18. The Morgan fingerprint density at radius 1 is 1.28 bits per heavy atom. The molecule has 0 spiro atoms. The van der Waals surface area contributed by atoms with Gasteiger partial charge in [-0.2, -0.15) is 0 Å². The van der Waals surface area contributed by atoms with Crippen molar-refractivity contribution in [3.63, 3.8) is 0 Å². The maximum absolute atomic E-state index is 11.6. The van der Waals surface area contributed by atoms with E-state index in [2.05, 4.69) is 20.5 Å². The molecule has 0 fully saturated rings. The van der Waals surface area contributed by atoms with Gasteiger partial charge in [0.2, 0.25) is 0 Å². The van der Waals surface area contributed by atoms with E-state index in [1.165, 1.54) is 11.3 Å². The topological polar surface area (TPSA) is 162 Å². The number of benzene rings is 1. The first-order chi connectivity index (χ1) is 15.5. The minimum Gasteiger partial charge on any atom is -0.447 e. The first-order valence-electron chi connectivity index (χ1n) is 9.71. The number of thiophene rings is 1. The zero-order chi connectivity index (χ0) is 22.9. The molecule has 32 heavy (non-hydrogen) atoms. The molecular weight excluding hydrogens is 438 g/mol. The van der Waals surface area contributed by atoms with Crippen molar-refractivity contribution in [3.05, 3.63) is 70.0 Å². The van der Waals surface area contributed by atoms with Crippen LogP contribution in [0.25, 0.3) is 10.1 Å². The summed E-state index contributed by atoms with van der Waals surface area (Å²) in [5, 5.41) is 27.3. The predicted molar refractivity (Wildman–Crippen MR) is 119 cm³/mol. The molecule has 0 aliphatic carbocycles. The van der Waals surface area contributed by atoms with Crippen molar-refractivity contribution in [1.82, 2.24) is 10.3 Å². The van der Waals surface area contributed by atoms with E-state index in [0.29, 0.717) is 0 Å². The van der Waals surface area contributed by atoms with Gasteiger partial charge in [0, 0.05) is 31.4 Å². The van der Waals surface area contributed by atoms with Crippen LogP contribution < -0.4 is 16.4 Å². The van der Waals surface area contributed by atoms with Gasteiger partial charge in [0.15, 0.2) is 0 Å². The molecule has 3 rings (SSSR count). The number of alkyl carbamates (subject to hydrolysis) is 1. The van der Waals surface area contributed by atoms with Gasteiger partial charge in [0.25, 0.3) is 5.09 Å². The SMILES string of the molecule is NC[C@H](c1ccc(CNC(=O)OCCO[N+](=O)[O-])cc1)[C@H](O)Nc1cc2ccncc2s1.